The first-order valence-corrected chi connectivity index (χ1v) is 14.0. The second-order valence-corrected chi connectivity index (χ2v) is 10.0. The second-order valence-electron chi connectivity index (χ2n) is 10.0. The fraction of sp³-hybridized carbons (Fsp3) is 0.484. The van der Waals surface area contributed by atoms with Gasteiger partial charge in [-0.2, -0.15) is 0 Å². The van der Waals surface area contributed by atoms with Gasteiger partial charge in [0.15, 0.2) is 11.5 Å². The summed E-state index contributed by atoms with van der Waals surface area (Å²) in [5.74, 6) is -1.75. The lowest BCUT2D eigenvalue weighted by molar-refractivity contribution is -0.148. The van der Waals surface area contributed by atoms with Crippen LogP contribution < -0.4 is 19.9 Å². The molecule has 0 aliphatic heterocycles. The van der Waals surface area contributed by atoms with Gasteiger partial charge in [-0.15, -0.1) is 0 Å². The Bertz CT molecular complexity index is 1150. The lowest BCUT2D eigenvalue weighted by atomic mass is 10.0. The summed E-state index contributed by atoms with van der Waals surface area (Å²) < 4.78 is 26.5. The molecule has 0 radical (unpaired) electrons. The number of rotatable bonds is 15. The summed E-state index contributed by atoms with van der Waals surface area (Å²) in [5.41, 5.74) is 6.64. The Morgan fingerprint density at radius 2 is 1.34 bits per heavy atom. The average molecular weight is 572 g/mol. The van der Waals surface area contributed by atoms with Gasteiger partial charge >= 0.3 is 24.1 Å². The van der Waals surface area contributed by atoms with E-state index in [1.54, 1.807) is 57.2 Å². The molecule has 4 atom stereocenters. The Morgan fingerprint density at radius 3 is 1.93 bits per heavy atom. The van der Waals surface area contributed by atoms with Crippen molar-refractivity contribution in [2.45, 2.75) is 78.9 Å². The smallest absolute Gasteiger partial charge is 0.461 e. The normalized spacial score (nSPS) is 13.7. The van der Waals surface area contributed by atoms with Crippen LogP contribution in [0.4, 0.5) is 4.79 Å². The van der Waals surface area contributed by atoms with Crippen LogP contribution in [0.15, 0.2) is 48.5 Å². The maximum atomic E-state index is 12.6. The van der Waals surface area contributed by atoms with E-state index in [9.17, 15) is 19.2 Å². The van der Waals surface area contributed by atoms with Crippen molar-refractivity contribution >= 4 is 24.1 Å². The van der Waals surface area contributed by atoms with Gasteiger partial charge in [-0.3, -0.25) is 14.4 Å². The molecule has 41 heavy (non-hydrogen) atoms. The van der Waals surface area contributed by atoms with Crippen molar-refractivity contribution in [1.82, 2.24) is 0 Å². The first kappa shape index (κ1) is 33.3. The second kappa shape index (κ2) is 17.0. The van der Waals surface area contributed by atoms with Crippen LogP contribution in [0.5, 0.6) is 17.2 Å². The molecule has 10 heteroatoms. The highest BCUT2D eigenvalue weighted by Gasteiger charge is 2.23. The molecular weight excluding hydrogens is 530 g/mol. The molecule has 0 aromatic heterocycles. The van der Waals surface area contributed by atoms with Crippen LogP contribution in [0, 0.1) is 11.8 Å². The van der Waals surface area contributed by atoms with Crippen molar-refractivity contribution < 1.29 is 42.9 Å². The molecule has 0 bridgehead atoms. The maximum Gasteiger partial charge on any atom is 0.514 e. The molecule has 2 N–H and O–H groups in total. The van der Waals surface area contributed by atoms with E-state index in [1.807, 2.05) is 13.8 Å². The van der Waals surface area contributed by atoms with Gasteiger partial charge in [-0.1, -0.05) is 64.8 Å². The van der Waals surface area contributed by atoms with Crippen LogP contribution in [0.3, 0.4) is 0 Å². The van der Waals surface area contributed by atoms with Crippen LogP contribution in [0.2, 0.25) is 0 Å². The molecule has 0 spiro atoms. The van der Waals surface area contributed by atoms with Gasteiger partial charge in [0.05, 0.1) is 11.8 Å². The molecular formula is C31H41NO9. The molecule has 0 fully saturated rings. The Labute approximate surface area is 241 Å². The molecule has 2 rings (SSSR count). The monoisotopic (exact) mass is 571 g/mol. The van der Waals surface area contributed by atoms with E-state index in [1.165, 1.54) is 12.1 Å². The van der Waals surface area contributed by atoms with Crippen molar-refractivity contribution in [3.8, 4) is 17.2 Å². The van der Waals surface area contributed by atoms with Crippen LogP contribution in [-0.4, -0.2) is 42.8 Å². The van der Waals surface area contributed by atoms with Gasteiger partial charge in [0.2, 0.25) is 0 Å². The minimum atomic E-state index is -1.06. The number of carbonyl (C=O) groups excluding carboxylic acids is 4. The van der Waals surface area contributed by atoms with Gasteiger partial charge in [0.25, 0.3) is 0 Å². The van der Waals surface area contributed by atoms with E-state index in [-0.39, 0.29) is 36.4 Å². The Balaban J connectivity index is 2.01. The van der Waals surface area contributed by atoms with E-state index in [0.29, 0.717) is 24.2 Å². The predicted octanol–water partition coefficient (Wildman–Crippen LogP) is 5.39. The van der Waals surface area contributed by atoms with Crippen LogP contribution in [0.1, 0.15) is 65.9 Å². The van der Waals surface area contributed by atoms with Gasteiger partial charge < -0.3 is 29.4 Å². The minimum Gasteiger partial charge on any atom is -0.461 e. The number of carbonyl (C=O) groups is 4. The number of hydrogen-bond donors (Lipinski definition) is 1. The van der Waals surface area contributed by atoms with Crippen molar-refractivity contribution in [3.05, 3.63) is 54.1 Å². The van der Waals surface area contributed by atoms with Gasteiger partial charge in [-0.25, -0.2) is 4.79 Å². The van der Waals surface area contributed by atoms with Crippen LogP contribution in [0.25, 0.3) is 0 Å². The number of para-hydroxylation sites is 1. The molecule has 224 valence electrons. The molecule has 10 nitrogen and oxygen atoms in total. The Morgan fingerprint density at radius 1 is 0.756 bits per heavy atom. The highest BCUT2D eigenvalue weighted by Crippen LogP contribution is 2.31. The van der Waals surface area contributed by atoms with Gasteiger partial charge in [0.1, 0.15) is 24.5 Å². The number of hydrogen-bond acceptors (Lipinski definition) is 10. The first-order chi connectivity index (χ1) is 19.5. The molecule has 2 unspecified atom stereocenters. The van der Waals surface area contributed by atoms with E-state index in [0.717, 1.165) is 12.8 Å². The lowest BCUT2D eigenvalue weighted by Crippen LogP contribution is -2.36. The van der Waals surface area contributed by atoms with Crippen molar-refractivity contribution in [2.75, 3.05) is 6.61 Å². The molecule has 2 aromatic rings. The highest BCUT2D eigenvalue weighted by atomic mass is 16.7. The molecule has 2 aromatic carbocycles. The van der Waals surface area contributed by atoms with Crippen molar-refractivity contribution in [3.63, 3.8) is 0 Å². The number of benzene rings is 2. The number of nitrogens with two attached hydrogens (primary N) is 1. The van der Waals surface area contributed by atoms with Crippen molar-refractivity contribution in [1.29, 1.82) is 0 Å². The standard InChI is InChI=1S/C31H41NO9/c1-6-11-20(3)28(33)40-26-16-15-23(18-27(26)41-29(34)21(4)12-7-2)17-25(32)30(35)37-19-22(5)38-31(36)39-24-13-9-8-10-14-24/h8-10,13-16,18,20-22,25H,6-7,11-12,17,19,32H2,1-5H3/t20?,21?,22-,25-/m0/s1. The number of ether oxygens (including phenoxy) is 5. The molecule has 0 saturated carbocycles. The molecule has 0 amide bonds. The Hall–Kier alpha value is -3.92. The van der Waals surface area contributed by atoms with E-state index < -0.39 is 36.2 Å². The summed E-state index contributed by atoms with van der Waals surface area (Å²) >= 11 is 0. The van der Waals surface area contributed by atoms with Crippen molar-refractivity contribution in [2.24, 2.45) is 17.6 Å². The highest BCUT2D eigenvalue weighted by molar-refractivity contribution is 5.79. The third-order valence-electron chi connectivity index (χ3n) is 6.14. The predicted molar refractivity (Wildman–Crippen MR) is 152 cm³/mol. The van der Waals surface area contributed by atoms with E-state index in [4.69, 9.17) is 29.4 Å². The summed E-state index contributed by atoms with van der Waals surface area (Å²) in [6.45, 7) is 8.81. The topological polar surface area (TPSA) is 140 Å². The van der Waals surface area contributed by atoms with Gasteiger partial charge in [0, 0.05) is 0 Å². The van der Waals surface area contributed by atoms with E-state index in [2.05, 4.69) is 0 Å². The Kier molecular flexibility index (Phi) is 13.8. The van der Waals surface area contributed by atoms with Crippen LogP contribution in [-0.2, 0) is 30.3 Å². The molecule has 0 aliphatic rings. The zero-order chi connectivity index (χ0) is 30.4. The summed E-state index contributed by atoms with van der Waals surface area (Å²) in [7, 11) is 0. The third-order valence-corrected chi connectivity index (χ3v) is 6.14. The van der Waals surface area contributed by atoms with Crippen LogP contribution >= 0.6 is 0 Å². The summed E-state index contributed by atoms with van der Waals surface area (Å²) in [6.07, 6.45) is 1.29. The fourth-order valence-electron chi connectivity index (χ4n) is 3.81. The summed E-state index contributed by atoms with van der Waals surface area (Å²) in [4.78, 5) is 49.6. The quantitative estimate of drug-likeness (QED) is 0.168. The zero-order valence-electron chi connectivity index (χ0n) is 24.4. The average Bonchev–Trinajstić information content (AvgIpc) is 2.93. The minimum absolute atomic E-state index is 0.0552. The fourth-order valence-corrected chi connectivity index (χ4v) is 3.81. The maximum absolute atomic E-state index is 12.6. The molecule has 0 heterocycles. The van der Waals surface area contributed by atoms with Gasteiger partial charge in [-0.05, 0) is 56.0 Å². The summed E-state index contributed by atoms with van der Waals surface area (Å²) in [6, 6.07) is 12.0. The van der Waals surface area contributed by atoms with E-state index >= 15 is 0 Å². The summed E-state index contributed by atoms with van der Waals surface area (Å²) in [5, 5.41) is 0. The first-order valence-electron chi connectivity index (χ1n) is 14.0. The lowest BCUT2D eigenvalue weighted by Gasteiger charge is -2.18. The zero-order valence-corrected chi connectivity index (χ0v) is 24.4. The third kappa shape index (κ3) is 11.6. The largest absolute Gasteiger partial charge is 0.514 e. The molecule has 0 saturated heterocycles. The molecule has 0 aliphatic carbocycles. The SMILES string of the molecule is CCCC(C)C(=O)Oc1ccc(C[C@H](N)C(=O)OC[C@H](C)OC(=O)Oc2ccccc2)cc1OC(=O)C(C)CCC. The number of esters is 3.